The first-order valence-corrected chi connectivity index (χ1v) is 10.1. The Kier molecular flexibility index (Phi) is 3.89. The normalized spacial score (nSPS) is 25.4. The molecule has 2 atom stereocenters. The number of sulfone groups is 1. The number of fused-ring (bicyclic) bond motifs is 2. The molecule has 1 N–H and O–H groups in total. The van der Waals surface area contributed by atoms with Crippen LogP contribution in [0.5, 0.6) is 0 Å². The molecule has 1 aromatic heterocycles. The van der Waals surface area contributed by atoms with Gasteiger partial charge in [0.2, 0.25) is 5.43 Å². The number of benzene rings is 1. The summed E-state index contributed by atoms with van der Waals surface area (Å²) in [5, 5.41) is 0.0978. The summed E-state index contributed by atoms with van der Waals surface area (Å²) in [5.41, 5.74) is -0.220. The lowest BCUT2D eigenvalue weighted by molar-refractivity contribution is 0.0408. The summed E-state index contributed by atoms with van der Waals surface area (Å²) in [6, 6.07) is 3.02. The van der Waals surface area contributed by atoms with Crippen molar-refractivity contribution in [3.05, 3.63) is 46.0 Å². The van der Waals surface area contributed by atoms with E-state index in [0.717, 1.165) is 6.07 Å². The fraction of sp³-hybridized carbons (Fsp3) is 0.412. The van der Waals surface area contributed by atoms with Gasteiger partial charge < -0.3 is 9.88 Å². The second kappa shape index (κ2) is 5.88. The van der Waals surface area contributed by atoms with Crippen molar-refractivity contribution in [1.29, 1.82) is 0 Å². The number of pyridine rings is 1. The number of hydrogen-bond donors (Lipinski definition) is 1. The van der Waals surface area contributed by atoms with Crippen LogP contribution in [-0.4, -0.2) is 72.8 Å². The third-order valence-electron chi connectivity index (χ3n) is 5.29. The maximum Gasteiger partial charge on any atom is 0.259 e. The van der Waals surface area contributed by atoms with Crippen LogP contribution in [0.4, 0.5) is 4.39 Å². The molecule has 9 heteroatoms. The average molecular weight is 379 g/mol. The van der Waals surface area contributed by atoms with Gasteiger partial charge in [-0.25, -0.2) is 12.8 Å². The highest BCUT2D eigenvalue weighted by molar-refractivity contribution is 7.91. The van der Waals surface area contributed by atoms with Gasteiger partial charge in [-0.15, -0.1) is 0 Å². The molecule has 3 heterocycles. The van der Waals surface area contributed by atoms with Gasteiger partial charge in [-0.1, -0.05) is 0 Å². The highest BCUT2D eigenvalue weighted by Gasteiger charge is 2.47. The second-order valence-corrected chi connectivity index (χ2v) is 9.07. The van der Waals surface area contributed by atoms with Crippen molar-refractivity contribution < 1.29 is 17.6 Å². The van der Waals surface area contributed by atoms with Crippen LogP contribution in [0.25, 0.3) is 10.9 Å². The number of piperazine rings is 1. The van der Waals surface area contributed by atoms with Crippen molar-refractivity contribution >= 4 is 26.6 Å². The molecule has 0 aliphatic carbocycles. The number of rotatable bonds is 1. The van der Waals surface area contributed by atoms with Crippen molar-refractivity contribution in [2.24, 2.45) is 0 Å². The van der Waals surface area contributed by atoms with Crippen molar-refractivity contribution in [2.75, 3.05) is 31.6 Å². The van der Waals surface area contributed by atoms with Gasteiger partial charge in [-0.05, 0) is 25.2 Å². The predicted octanol–water partition coefficient (Wildman–Crippen LogP) is 0.220. The van der Waals surface area contributed by atoms with E-state index in [4.69, 9.17) is 0 Å². The molecule has 7 nitrogen and oxygen atoms in total. The molecule has 1 aromatic carbocycles. The standard InChI is InChI=1S/C17H18FN3O4S/c1-20-4-5-21(15-9-26(24,25)8-14(15)20)17(23)12-7-19-13-3-2-10(18)6-11(13)16(12)22/h2-3,6-7,14-15H,4-5,8-9H2,1H3,(H,19,22)/t14-,15+/m0/s1. The molecule has 2 aromatic rings. The molecule has 138 valence electrons. The predicted molar refractivity (Wildman–Crippen MR) is 94.4 cm³/mol. The van der Waals surface area contributed by atoms with Gasteiger partial charge in [0.1, 0.15) is 11.4 Å². The maximum absolute atomic E-state index is 13.5. The molecule has 0 radical (unpaired) electrons. The smallest absolute Gasteiger partial charge is 0.259 e. The van der Waals surface area contributed by atoms with Gasteiger partial charge in [0, 0.05) is 36.2 Å². The van der Waals surface area contributed by atoms with Crippen LogP contribution >= 0.6 is 0 Å². The third-order valence-corrected chi connectivity index (χ3v) is 6.99. The van der Waals surface area contributed by atoms with E-state index in [1.165, 1.54) is 23.2 Å². The van der Waals surface area contributed by atoms with Crippen LogP contribution in [0.3, 0.4) is 0 Å². The molecule has 2 aliphatic rings. The molecule has 2 fully saturated rings. The quantitative estimate of drug-likeness (QED) is 0.766. The van der Waals surface area contributed by atoms with E-state index in [1.807, 2.05) is 11.9 Å². The first kappa shape index (κ1) is 17.2. The Morgan fingerprint density at radius 1 is 1.23 bits per heavy atom. The molecule has 0 saturated carbocycles. The molecule has 0 unspecified atom stereocenters. The SMILES string of the molecule is CN1CCN(C(=O)c2c[nH]c3ccc(F)cc3c2=O)[C@@H]2CS(=O)(=O)C[C@@H]21. The largest absolute Gasteiger partial charge is 0.360 e. The van der Waals surface area contributed by atoms with Crippen molar-refractivity contribution in [3.8, 4) is 0 Å². The van der Waals surface area contributed by atoms with E-state index in [1.54, 1.807) is 0 Å². The van der Waals surface area contributed by atoms with Gasteiger partial charge in [0.15, 0.2) is 9.84 Å². The first-order chi connectivity index (χ1) is 12.3. The van der Waals surface area contributed by atoms with Crippen LogP contribution in [0.2, 0.25) is 0 Å². The molecule has 4 rings (SSSR count). The van der Waals surface area contributed by atoms with Gasteiger partial charge in [-0.3, -0.25) is 14.5 Å². The summed E-state index contributed by atoms with van der Waals surface area (Å²) in [6.07, 6.45) is 1.32. The molecule has 0 spiro atoms. The van der Waals surface area contributed by atoms with Gasteiger partial charge in [0.25, 0.3) is 5.91 Å². The zero-order valence-electron chi connectivity index (χ0n) is 14.1. The van der Waals surface area contributed by atoms with Gasteiger partial charge in [-0.2, -0.15) is 0 Å². The lowest BCUT2D eigenvalue weighted by Gasteiger charge is -2.42. The minimum Gasteiger partial charge on any atom is -0.360 e. The van der Waals surface area contributed by atoms with Crippen molar-refractivity contribution in [3.63, 3.8) is 0 Å². The number of nitrogens with one attached hydrogen (secondary N) is 1. The Labute approximate surface area is 149 Å². The number of H-pyrrole nitrogens is 1. The highest BCUT2D eigenvalue weighted by Crippen LogP contribution is 2.27. The topological polar surface area (TPSA) is 90.6 Å². The molecule has 1 amide bonds. The van der Waals surface area contributed by atoms with Crippen LogP contribution in [0.1, 0.15) is 10.4 Å². The number of hydrogen-bond acceptors (Lipinski definition) is 5. The fourth-order valence-corrected chi connectivity index (χ4v) is 5.94. The Morgan fingerprint density at radius 3 is 2.73 bits per heavy atom. The molecular weight excluding hydrogens is 361 g/mol. The van der Waals surface area contributed by atoms with Crippen LogP contribution in [-0.2, 0) is 9.84 Å². The summed E-state index contributed by atoms with van der Waals surface area (Å²) < 4.78 is 37.6. The van der Waals surface area contributed by atoms with E-state index in [2.05, 4.69) is 4.98 Å². The monoisotopic (exact) mass is 379 g/mol. The van der Waals surface area contributed by atoms with Crippen molar-refractivity contribution in [2.45, 2.75) is 12.1 Å². The third kappa shape index (κ3) is 2.71. The first-order valence-electron chi connectivity index (χ1n) is 8.29. The highest BCUT2D eigenvalue weighted by atomic mass is 32.2. The van der Waals surface area contributed by atoms with Crippen LogP contribution < -0.4 is 5.43 Å². The van der Waals surface area contributed by atoms with Gasteiger partial charge >= 0.3 is 0 Å². The Hall–Kier alpha value is -2.26. The van der Waals surface area contributed by atoms with E-state index in [9.17, 15) is 22.4 Å². The molecule has 26 heavy (non-hydrogen) atoms. The summed E-state index contributed by atoms with van der Waals surface area (Å²) in [7, 11) is -1.39. The molecule has 0 bridgehead atoms. The summed E-state index contributed by atoms with van der Waals surface area (Å²) in [5.74, 6) is -1.17. The molecular formula is C17H18FN3O4S. The number of amides is 1. The fourth-order valence-electron chi connectivity index (χ4n) is 3.88. The Bertz CT molecular complexity index is 1070. The number of nitrogens with zero attached hydrogens (tertiary/aromatic N) is 2. The van der Waals surface area contributed by atoms with E-state index in [-0.39, 0.29) is 28.5 Å². The molecule has 2 aliphatic heterocycles. The van der Waals surface area contributed by atoms with Crippen molar-refractivity contribution in [1.82, 2.24) is 14.8 Å². The number of halogens is 1. The maximum atomic E-state index is 13.5. The number of aromatic nitrogens is 1. The zero-order valence-corrected chi connectivity index (χ0v) is 14.9. The summed E-state index contributed by atoms with van der Waals surface area (Å²) in [4.78, 5) is 32.0. The molecule has 2 saturated heterocycles. The minimum absolute atomic E-state index is 0.0111. The lowest BCUT2D eigenvalue weighted by Crippen LogP contribution is -2.59. The Balaban J connectivity index is 1.75. The number of aromatic amines is 1. The minimum atomic E-state index is -3.23. The number of carbonyl (C=O) groups is 1. The second-order valence-electron chi connectivity index (χ2n) is 6.91. The summed E-state index contributed by atoms with van der Waals surface area (Å²) in [6.45, 7) is 0.870. The van der Waals surface area contributed by atoms with E-state index < -0.39 is 33.0 Å². The Morgan fingerprint density at radius 2 is 1.96 bits per heavy atom. The van der Waals surface area contributed by atoms with Gasteiger partial charge in [0.05, 0.1) is 17.5 Å². The zero-order chi connectivity index (χ0) is 18.6. The van der Waals surface area contributed by atoms with Crippen LogP contribution in [0, 0.1) is 5.82 Å². The van der Waals surface area contributed by atoms with E-state index >= 15 is 0 Å². The average Bonchev–Trinajstić information content (AvgIpc) is 2.91. The number of likely N-dealkylation sites (N-methyl/N-ethyl adjacent to an activating group) is 1. The lowest BCUT2D eigenvalue weighted by atomic mass is 10.0. The van der Waals surface area contributed by atoms with E-state index in [0.29, 0.717) is 18.6 Å². The number of carbonyl (C=O) groups excluding carboxylic acids is 1. The summed E-state index contributed by atoms with van der Waals surface area (Å²) >= 11 is 0. The van der Waals surface area contributed by atoms with Crippen LogP contribution in [0.15, 0.2) is 29.2 Å².